The summed E-state index contributed by atoms with van der Waals surface area (Å²) in [5.41, 5.74) is 4.01. The van der Waals surface area contributed by atoms with Gasteiger partial charge >= 0.3 is 23.2 Å². The summed E-state index contributed by atoms with van der Waals surface area (Å²) >= 11 is 1.20. The Hall–Kier alpha value is -1.71. The number of hydrogen-bond donors (Lipinski definition) is 0. The summed E-state index contributed by atoms with van der Waals surface area (Å²) in [5, 5.41) is 19.6. The van der Waals surface area contributed by atoms with Crippen LogP contribution < -0.4 is 4.90 Å². The fraction of sp³-hybridized carbons (Fsp3) is 0.529. The van der Waals surface area contributed by atoms with Gasteiger partial charge in [-0.15, -0.1) is 26.1 Å². The van der Waals surface area contributed by atoms with Crippen molar-refractivity contribution in [1.29, 1.82) is 0 Å². The Labute approximate surface area is 176 Å². The van der Waals surface area contributed by atoms with Crippen molar-refractivity contribution in [3.05, 3.63) is 28.5 Å². The quantitative estimate of drug-likeness (QED) is 0.396. The minimum absolute atomic E-state index is 0. The summed E-state index contributed by atoms with van der Waals surface area (Å²) in [5.74, 6) is 0.447. The molecule has 0 spiro atoms. The number of rotatable bonds is 6. The molecule has 0 fully saturated rings. The average Bonchev–Trinajstić information content (AvgIpc) is 3.10. The van der Waals surface area contributed by atoms with Crippen molar-refractivity contribution in [3.63, 3.8) is 0 Å². The van der Waals surface area contributed by atoms with Crippen molar-refractivity contribution in [2.24, 2.45) is 16.1 Å². The molecule has 11 heteroatoms. The molecular weight excluding hydrogens is 441 g/mol. The summed E-state index contributed by atoms with van der Waals surface area (Å²) in [6.45, 7) is 4.71. The maximum Gasteiger partial charge on any atom is 2.00 e. The monoisotopic (exact) mass is 460 g/mol. The molecule has 6 nitrogen and oxygen atoms in total. The van der Waals surface area contributed by atoms with Gasteiger partial charge in [-0.2, -0.15) is 13.2 Å². The Morgan fingerprint density at radius 2 is 2.07 bits per heavy atom. The van der Waals surface area contributed by atoms with Crippen molar-refractivity contribution in [3.8, 4) is 0 Å². The summed E-state index contributed by atoms with van der Waals surface area (Å²) < 4.78 is 38.1. The molecule has 1 aliphatic rings. The molecule has 1 aromatic carbocycles. The second kappa shape index (κ2) is 9.67. The molecule has 0 amide bonds. The van der Waals surface area contributed by atoms with E-state index < -0.39 is 12.7 Å². The van der Waals surface area contributed by atoms with Gasteiger partial charge in [0, 0.05) is 18.8 Å². The zero-order valence-corrected chi connectivity index (χ0v) is 17.1. The van der Waals surface area contributed by atoms with E-state index in [1.807, 2.05) is 0 Å². The van der Waals surface area contributed by atoms with Gasteiger partial charge in [-0.25, -0.2) is 0 Å². The Morgan fingerprint density at radius 1 is 1.29 bits per heavy atom. The second-order valence-electron chi connectivity index (χ2n) is 6.77. The molecule has 0 bridgehead atoms. The van der Waals surface area contributed by atoms with Crippen LogP contribution >= 0.6 is 11.3 Å². The average molecular weight is 461 g/mol. The first kappa shape index (κ1) is 22.6. The summed E-state index contributed by atoms with van der Waals surface area (Å²) in [4.78, 5) is 2.21. The smallest absolute Gasteiger partial charge is 0.675 e. The third-order valence-electron chi connectivity index (χ3n) is 4.00. The van der Waals surface area contributed by atoms with Crippen LogP contribution in [0.4, 0.5) is 35.4 Å². The molecule has 28 heavy (non-hydrogen) atoms. The molecule has 2 aromatic rings. The number of nitrogens with zero attached hydrogens (tertiary/aromatic N) is 6. The maximum absolute atomic E-state index is 12.7. The zero-order chi connectivity index (χ0) is 19.4. The Morgan fingerprint density at radius 3 is 2.71 bits per heavy atom. The van der Waals surface area contributed by atoms with E-state index in [9.17, 15) is 13.2 Å². The number of benzene rings is 1. The van der Waals surface area contributed by atoms with E-state index >= 15 is 0 Å². The minimum Gasteiger partial charge on any atom is -0.675 e. The third-order valence-corrected chi connectivity index (χ3v) is 4.57. The molecule has 1 radical (unpaired) electrons. The second-order valence-corrected chi connectivity index (χ2v) is 7.58. The van der Waals surface area contributed by atoms with Crippen molar-refractivity contribution in [2.75, 3.05) is 24.5 Å². The molecule has 1 aromatic heterocycles. The van der Waals surface area contributed by atoms with E-state index in [0.29, 0.717) is 16.7 Å². The van der Waals surface area contributed by atoms with Gasteiger partial charge in [0.05, 0.1) is 5.69 Å². The first-order valence-corrected chi connectivity index (χ1v) is 9.54. The number of anilines is 1. The van der Waals surface area contributed by atoms with Gasteiger partial charge in [-0.3, -0.25) is 0 Å². The van der Waals surface area contributed by atoms with E-state index in [-0.39, 0.29) is 22.8 Å². The zero-order valence-electron chi connectivity index (χ0n) is 15.4. The summed E-state index contributed by atoms with van der Waals surface area (Å²) in [6.07, 6.45) is -2.53. The number of aromatic nitrogens is 2. The van der Waals surface area contributed by atoms with Crippen LogP contribution in [0.1, 0.15) is 25.8 Å². The van der Waals surface area contributed by atoms with Gasteiger partial charge in [0.15, 0.2) is 0 Å². The predicted molar refractivity (Wildman–Crippen MR) is 99.8 cm³/mol. The maximum atomic E-state index is 12.7. The van der Waals surface area contributed by atoms with E-state index in [0.717, 1.165) is 37.2 Å². The molecule has 0 aliphatic carbocycles. The summed E-state index contributed by atoms with van der Waals surface area (Å²) in [7, 11) is 0. The van der Waals surface area contributed by atoms with Crippen LogP contribution in [-0.4, -0.2) is 36.0 Å². The fourth-order valence-corrected chi connectivity index (χ4v) is 3.37. The molecule has 2 heterocycles. The SMILES string of the molecule is CC(C)CN1CCCc2cc(N=Nc3nncs3)c([N-]CC(F)(F)F)cc21.[Cu+2]. The van der Waals surface area contributed by atoms with E-state index in [1.54, 1.807) is 12.1 Å². The molecule has 0 saturated heterocycles. The Balaban J connectivity index is 0.00000280. The van der Waals surface area contributed by atoms with Crippen molar-refractivity contribution >= 4 is 33.5 Å². The molecule has 0 unspecified atom stereocenters. The van der Waals surface area contributed by atoms with E-state index in [2.05, 4.69) is 44.5 Å². The first-order chi connectivity index (χ1) is 12.8. The van der Waals surface area contributed by atoms with Gasteiger partial charge < -0.3 is 10.2 Å². The van der Waals surface area contributed by atoms with Crippen LogP contribution in [0.5, 0.6) is 0 Å². The number of alkyl halides is 3. The summed E-state index contributed by atoms with van der Waals surface area (Å²) in [6, 6.07) is 3.50. The molecule has 0 atom stereocenters. The van der Waals surface area contributed by atoms with Crippen molar-refractivity contribution in [2.45, 2.75) is 32.9 Å². The number of azo groups is 1. The first-order valence-electron chi connectivity index (χ1n) is 8.66. The molecule has 0 N–H and O–H groups in total. The van der Waals surface area contributed by atoms with Gasteiger partial charge in [-0.1, -0.05) is 31.3 Å². The van der Waals surface area contributed by atoms with Crippen molar-refractivity contribution in [1.82, 2.24) is 10.2 Å². The predicted octanol–water partition coefficient (Wildman–Crippen LogP) is 5.93. The van der Waals surface area contributed by atoms with Gasteiger partial charge in [-0.05, 0) is 36.9 Å². The minimum atomic E-state index is -4.37. The standard InChI is InChI=1S/C17H20F3N6S.Cu/c1-11(2)8-26-5-3-4-12-6-14(23-25-16-24-22-10-27-16)13(7-15(12)26)21-9-17(18,19)20;/h6-7,10-11H,3-5,8-9H2,1-2H3;/q-1;+2. The van der Waals surface area contributed by atoms with E-state index in [4.69, 9.17) is 0 Å². The van der Waals surface area contributed by atoms with Crippen LogP contribution in [0.2, 0.25) is 0 Å². The number of fused-ring (bicyclic) bond motifs is 1. The van der Waals surface area contributed by atoms with Crippen molar-refractivity contribution < 1.29 is 30.2 Å². The molecule has 3 rings (SSSR count). The molecule has 1 aliphatic heterocycles. The Bertz CT molecular complexity index is 795. The van der Waals surface area contributed by atoms with Crippen LogP contribution in [-0.2, 0) is 23.5 Å². The number of halogens is 3. The number of aryl methyl sites for hydroxylation is 1. The topological polar surface area (TPSA) is 67.8 Å². The third kappa shape index (κ3) is 6.15. The largest absolute Gasteiger partial charge is 2.00 e. The van der Waals surface area contributed by atoms with Crippen LogP contribution in [0.15, 0.2) is 27.9 Å². The Kier molecular flexibility index (Phi) is 7.79. The molecule has 155 valence electrons. The van der Waals surface area contributed by atoms with Crippen LogP contribution in [0, 0.1) is 5.92 Å². The molecule has 0 saturated carbocycles. The van der Waals surface area contributed by atoms with Gasteiger partial charge in [0.25, 0.3) is 5.13 Å². The van der Waals surface area contributed by atoms with Crippen LogP contribution in [0.3, 0.4) is 0 Å². The van der Waals surface area contributed by atoms with Gasteiger partial charge in [0.2, 0.25) is 0 Å². The normalized spacial score (nSPS) is 14.3. The van der Waals surface area contributed by atoms with E-state index in [1.165, 1.54) is 16.8 Å². The fourth-order valence-electron chi connectivity index (χ4n) is 3.00. The molecular formula is C17H20CuF3N6S+. The van der Waals surface area contributed by atoms with Crippen LogP contribution in [0.25, 0.3) is 5.32 Å². The number of hydrogen-bond acceptors (Lipinski definition) is 6. The van der Waals surface area contributed by atoms with Gasteiger partial charge in [0.1, 0.15) is 5.51 Å².